The maximum absolute atomic E-state index is 12.1. The standard InChI is InChI=1S/C14H28N2O/c1-6-9-15-10-14(17)16(11-12(4)5)13(7-2)8-3/h6,12-13,15H,1,7-11H2,2-5H3. The SMILES string of the molecule is C=CCNCC(=O)N(CC(C)C)C(CC)CC. The van der Waals surface area contributed by atoms with E-state index in [1.807, 2.05) is 4.90 Å². The summed E-state index contributed by atoms with van der Waals surface area (Å²) < 4.78 is 0. The van der Waals surface area contributed by atoms with Crippen molar-refractivity contribution in [3.63, 3.8) is 0 Å². The van der Waals surface area contributed by atoms with Crippen molar-refractivity contribution in [1.82, 2.24) is 10.2 Å². The van der Waals surface area contributed by atoms with Gasteiger partial charge in [-0.2, -0.15) is 0 Å². The van der Waals surface area contributed by atoms with Gasteiger partial charge in [0.05, 0.1) is 6.54 Å². The van der Waals surface area contributed by atoms with Crippen LogP contribution in [0.1, 0.15) is 40.5 Å². The Kier molecular flexibility index (Phi) is 8.78. The minimum absolute atomic E-state index is 0.203. The van der Waals surface area contributed by atoms with Crippen molar-refractivity contribution in [3.8, 4) is 0 Å². The molecule has 3 heteroatoms. The van der Waals surface area contributed by atoms with E-state index in [0.29, 0.717) is 25.0 Å². The molecular formula is C14H28N2O. The number of nitrogens with zero attached hydrogens (tertiary/aromatic N) is 1. The van der Waals surface area contributed by atoms with Gasteiger partial charge in [-0.3, -0.25) is 4.79 Å². The van der Waals surface area contributed by atoms with Crippen molar-refractivity contribution in [1.29, 1.82) is 0 Å². The number of carbonyl (C=O) groups excluding carboxylic acids is 1. The lowest BCUT2D eigenvalue weighted by atomic mass is 10.1. The summed E-state index contributed by atoms with van der Waals surface area (Å²) in [4.78, 5) is 14.2. The van der Waals surface area contributed by atoms with Crippen LogP contribution in [0.4, 0.5) is 0 Å². The lowest BCUT2D eigenvalue weighted by Gasteiger charge is -2.32. The summed E-state index contributed by atoms with van der Waals surface area (Å²) in [6.45, 7) is 14.2. The molecule has 0 aromatic carbocycles. The first-order valence-electron chi connectivity index (χ1n) is 6.67. The van der Waals surface area contributed by atoms with E-state index < -0.39 is 0 Å². The van der Waals surface area contributed by atoms with E-state index in [1.165, 1.54) is 0 Å². The molecular weight excluding hydrogens is 212 g/mol. The third-order valence-corrected chi connectivity index (χ3v) is 2.83. The molecule has 0 aliphatic carbocycles. The monoisotopic (exact) mass is 240 g/mol. The summed E-state index contributed by atoms with van der Waals surface area (Å²) in [6, 6.07) is 0.371. The summed E-state index contributed by atoms with van der Waals surface area (Å²) in [6.07, 6.45) is 3.82. The van der Waals surface area contributed by atoms with Crippen molar-refractivity contribution in [3.05, 3.63) is 12.7 Å². The highest BCUT2D eigenvalue weighted by molar-refractivity contribution is 5.78. The highest BCUT2D eigenvalue weighted by atomic mass is 16.2. The Hall–Kier alpha value is -0.830. The quantitative estimate of drug-likeness (QED) is 0.496. The first-order chi connectivity index (χ1) is 8.06. The van der Waals surface area contributed by atoms with Gasteiger partial charge in [0, 0.05) is 19.1 Å². The molecule has 0 bridgehead atoms. The summed E-state index contributed by atoms with van der Waals surface area (Å²) >= 11 is 0. The zero-order valence-electron chi connectivity index (χ0n) is 11.8. The molecule has 0 rings (SSSR count). The Morgan fingerprint density at radius 2 is 1.94 bits per heavy atom. The molecule has 0 spiro atoms. The third kappa shape index (κ3) is 6.47. The van der Waals surface area contributed by atoms with Gasteiger partial charge in [0.15, 0.2) is 0 Å². The number of rotatable bonds is 9. The van der Waals surface area contributed by atoms with Crippen molar-refractivity contribution < 1.29 is 4.79 Å². The number of amides is 1. The zero-order chi connectivity index (χ0) is 13.3. The molecule has 1 N–H and O–H groups in total. The third-order valence-electron chi connectivity index (χ3n) is 2.83. The van der Waals surface area contributed by atoms with Crippen LogP contribution in [0.15, 0.2) is 12.7 Å². The Morgan fingerprint density at radius 3 is 2.35 bits per heavy atom. The van der Waals surface area contributed by atoms with Crippen molar-refractivity contribution in [2.24, 2.45) is 5.92 Å². The first kappa shape index (κ1) is 16.2. The molecule has 0 aliphatic rings. The van der Waals surface area contributed by atoms with Crippen molar-refractivity contribution >= 4 is 5.91 Å². The van der Waals surface area contributed by atoms with Crippen LogP contribution in [-0.2, 0) is 4.79 Å². The molecule has 0 unspecified atom stereocenters. The fourth-order valence-electron chi connectivity index (χ4n) is 1.96. The van der Waals surface area contributed by atoms with E-state index in [0.717, 1.165) is 19.4 Å². The molecule has 0 saturated heterocycles. The fraction of sp³-hybridized carbons (Fsp3) is 0.786. The minimum Gasteiger partial charge on any atom is -0.338 e. The average Bonchev–Trinajstić information content (AvgIpc) is 2.29. The highest BCUT2D eigenvalue weighted by Crippen LogP contribution is 2.11. The second-order valence-electron chi connectivity index (χ2n) is 4.83. The van der Waals surface area contributed by atoms with Crippen LogP contribution in [0.5, 0.6) is 0 Å². The summed E-state index contributed by atoms with van der Waals surface area (Å²) in [5, 5.41) is 3.08. The summed E-state index contributed by atoms with van der Waals surface area (Å²) in [5.74, 6) is 0.716. The van der Waals surface area contributed by atoms with E-state index in [4.69, 9.17) is 0 Å². The minimum atomic E-state index is 0.203. The van der Waals surface area contributed by atoms with Crippen LogP contribution >= 0.6 is 0 Å². The molecule has 0 aliphatic heterocycles. The number of hydrogen-bond donors (Lipinski definition) is 1. The van der Waals surface area contributed by atoms with E-state index in [1.54, 1.807) is 6.08 Å². The first-order valence-corrected chi connectivity index (χ1v) is 6.67. The van der Waals surface area contributed by atoms with E-state index >= 15 is 0 Å². The maximum atomic E-state index is 12.1. The van der Waals surface area contributed by atoms with Gasteiger partial charge in [-0.05, 0) is 18.8 Å². The fourth-order valence-corrected chi connectivity index (χ4v) is 1.96. The van der Waals surface area contributed by atoms with Crippen LogP contribution in [0.25, 0.3) is 0 Å². The molecule has 0 saturated carbocycles. The van der Waals surface area contributed by atoms with Crippen LogP contribution in [-0.4, -0.2) is 36.5 Å². The van der Waals surface area contributed by atoms with Crippen LogP contribution < -0.4 is 5.32 Å². The predicted molar refractivity (Wildman–Crippen MR) is 74.0 cm³/mol. The molecule has 0 radical (unpaired) electrons. The zero-order valence-corrected chi connectivity index (χ0v) is 11.8. The topological polar surface area (TPSA) is 32.3 Å². The number of nitrogens with one attached hydrogen (secondary N) is 1. The van der Waals surface area contributed by atoms with Gasteiger partial charge in [-0.25, -0.2) is 0 Å². The van der Waals surface area contributed by atoms with Gasteiger partial charge in [-0.15, -0.1) is 6.58 Å². The average molecular weight is 240 g/mol. The predicted octanol–water partition coefficient (Wildman–Crippen LogP) is 2.44. The Morgan fingerprint density at radius 1 is 1.35 bits per heavy atom. The van der Waals surface area contributed by atoms with Gasteiger partial charge in [0.2, 0.25) is 5.91 Å². The Balaban J connectivity index is 4.43. The van der Waals surface area contributed by atoms with Gasteiger partial charge in [0.1, 0.15) is 0 Å². The Bertz CT molecular complexity index is 222. The van der Waals surface area contributed by atoms with Gasteiger partial charge in [0.25, 0.3) is 0 Å². The normalized spacial score (nSPS) is 10.9. The van der Waals surface area contributed by atoms with Crippen LogP contribution in [0.2, 0.25) is 0 Å². The van der Waals surface area contributed by atoms with Crippen LogP contribution in [0, 0.1) is 5.92 Å². The highest BCUT2D eigenvalue weighted by Gasteiger charge is 2.21. The second kappa shape index (κ2) is 9.23. The second-order valence-corrected chi connectivity index (χ2v) is 4.83. The van der Waals surface area contributed by atoms with Crippen molar-refractivity contribution in [2.75, 3.05) is 19.6 Å². The van der Waals surface area contributed by atoms with Gasteiger partial charge < -0.3 is 10.2 Å². The maximum Gasteiger partial charge on any atom is 0.236 e. The van der Waals surface area contributed by atoms with Gasteiger partial charge >= 0.3 is 0 Å². The summed E-state index contributed by atoms with van der Waals surface area (Å²) in [5.41, 5.74) is 0. The molecule has 17 heavy (non-hydrogen) atoms. The summed E-state index contributed by atoms with van der Waals surface area (Å²) in [7, 11) is 0. The van der Waals surface area contributed by atoms with E-state index in [2.05, 4.69) is 39.6 Å². The van der Waals surface area contributed by atoms with Gasteiger partial charge in [-0.1, -0.05) is 33.8 Å². The number of hydrogen-bond acceptors (Lipinski definition) is 2. The lowest BCUT2D eigenvalue weighted by molar-refractivity contribution is -0.133. The molecule has 0 atom stereocenters. The molecule has 0 aromatic heterocycles. The molecule has 0 heterocycles. The molecule has 1 amide bonds. The molecule has 3 nitrogen and oxygen atoms in total. The smallest absolute Gasteiger partial charge is 0.236 e. The van der Waals surface area contributed by atoms with Crippen molar-refractivity contribution in [2.45, 2.75) is 46.6 Å². The van der Waals surface area contributed by atoms with E-state index in [9.17, 15) is 4.79 Å². The molecule has 0 aromatic rings. The molecule has 0 fully saturated rings. The van der Waals surface area contributed by atoms with E-state index in [-0.39, 0.29) is 5.91 Å². The molecule has 100 valence electrons. The Labute approximate surface area is 106 Å². The lowest BCUT2D eigenvalue weighted by Crippen LogP contribution is -2.46. The largest absolute Gasteiger partial charge is 0.338 e. The van der Waals surface area contributed by atoms with Crippen LogP contribution in [0.3, 0.4) is 0 Å². The number of carbonyl (C=O) groups is 1.